The van der Waals surface area contributed by atoms with Crippen LogP contribution in [0.25, 0.3) is 0 Å². The maximum absolute atomic E-state index is 11.0. The fourth-order valence-corrected chi connectivity index (χ4v) is 3.38. The van der Waals surface area contributed by atoms with E-state index in [2.05, 4.69) is 19.2 Å². The first-order chi connectivity index (χ1) is 12.5. The molecule has 26 heavy (non-hydrogen) atoms. The molecule has 150 valence electrons. The van der Waals surface area contributed by atoms with Gasteiger partial charge in [-0.2, -0.15) is 0 Å². The van der Waals surface area contributed by atoms with Gasteiger partial charge in [0.2, 0.25) is 0 Å². The molecule has 2 N–H and O–H groups in total. The third kappa shape index (κ3) is 10.5. The van der Waals surface area contributed by atoms with E-state index in [-0.39, 0.29) is 0 Å². The van der Waals surface area contributed by atoms with Crippen molar-refractivity contribution in [2.75, 3.05) is 11.9 Å². The summed E-state index contributed by atoms with van der Waals surface area (Å²) >= 11 is 0. The molecule has 0 saturated heterocycles. The van der Waals surface area contributed by atoms with Gasteiger partial charge in [0.1, 0.15) is 5.69 Å². The van der Waals surface area contributed by atoms with Crippen molar-refractivity contribution in [2.45, 2.75) is 90.9 Å². The smallest absolute Gasteiger partial charge is 0.352 e. The van der Waals surface area contributed by atoms with Crippen LogP contribution in [0.2, 0.25) is 0 Å². The molecular weight excluding hydrogens is 324 g/mol. The minimum atomic E-state index is -0.879. The monoisotopic (exact) mass is 364 g/mol. The van der Waals surface area contributed by atoms with Gasteiger partial charge in [-0.05, 0) is 18.4 Å². The number of hydrogen-bond donors (Lipinski definition) is 2. The summed E-state index contributed by atoms with van der Waals surface area (Å²) in [6.07, 6.45) is 18.1. The highest BCUT2D eigenvalue weighted by atomic mass is 16.4. The molecule has 0 aliphatic carbocycles. The summed E-state index contributed by atoms with van der Waals surface area (Å²) in [5.41, 5.74) is 1.23. The first kappa shape index (κ1) is 22.6. The molecule has 1 aromatic heterocycles. The highest BCUT2D eigenvalue weighted by Crippen LogP contribution is 2.15. The van der Waals surface area contributed by atoms with Crippen molar-refractivity contribution < 1.29 is 9.90 Å². The van der Waals surface area contributed by atoms with Gasteiger partial charge in [0, 0.05) is 19.8 Å². The maximum atomic E-state index is 11.0. The molecule has 1 aromatic rings. The van der Waals surface area contributed by atoms with E-state index < -0.39 is 5.97 Å². The Kier molecular flexibility index (Phi) is 11.9. The molecule has 4 nitrogen and oxygen atoms in total. The topological polar surface area (TPSA) is 54.3 Å². The zero-order chi connectivity index (χ0) is 19.2. The van der Waals surface area contributed by atoms with Gasteiger partial charge in [0.25, 0.3) is 0 Å². The highest BCUT2D eigenvalue weighted by Gasteiger charge is 2.09. The Balaban J connectivity index is 1.86. The van der Waals surface area contributed by atoms with Crippen molar-refractivity contribution in [3.8, 4) is 0 Å². The second kappa shape index (κ2) is 13.7. The number of nitrogens with zero attached hydrogens (tertiary/aromatic N) is 1. The molecule has 1 heterocycles. The van der Waals surface area contributed by atoms with Crippen molar-refractivity contribution in [3.05, 3.63) is 18.0 Å². The van der Waals surface area contributed by atoms with Gasteiger partial charge in [-0.1, -0.05) is 84.5 Å². The predicted octanol–water partition coefficient (Wildman–Crippen LogP) is 6.47. The van der Waals surface area contributed by atoms with Crippen LogP contribution >= 0.6 is 0 Å². The van der Waals surface area contributed by atoms with Crippen LogP contribution in [-0.2, 0) is 7.05 Å². The van der Waals surface area contributed by atoms with Crippen LogP contribution < -0.4 is 5.32 Å². The standard InChI is InChI=1S/C22H40N2O2/c1-19(2)15-13-11-9-7-5-4-6-8-10-12-14-16-23-20-17-21(22(25)26)24(3)18-20/h17-19,23H,4-16H2,1-3H3,(H,25,26). The molecule has 0 fully saturated rings. The SMILES string of the molecule is CC(C)CCCCCCCCCCCCCNc1cc(C(=O)O)n(C)c1. The number of carboxylic acids is 1. The Bertz CT molecular complexity index is 494. The van der Waals surface area contributed by atoms with Gasteiger partial charge in [-0.15, -0.1) is 0 Å². The van der Waals surface area contributed by atoms with Gasteiger partial charge < -0.3 is 15.0 Å². The number of carboxylic acid groups (broad SMARTS) is 1. The lowest BCUT2D eigenvalue weighted by atomic mass is 10.0. The van der Waals surface area contributed by atoms with Crippen molar-refractivity contribution >= 4 is 11.7 Å². The number of unbranched alkanes of at least 4 members (excludes halogenated alkanes) is 10. The normalized spacial score (nSPS) is 11.2. The van der Waals surface area contributed by atoms with E-state index in [0.717, 1.165) is 24.6 Å². The molecular formula is C22H40N2O2. The van der Waals surface area contributed by atoms with Crippen molar-refractivity contribution in [2.24, 2.45) is 13.0 Å². The Morgan fingerprint density at radius 3 is 1.92 bits per heavy atom. The maximum Gasteiger partial charge on any atom is 0.352 e. The number of hydrogen-bond acceptors (Lipinski definition) is 2. The first-order valence-corrected chi connectivity index (χ1v) is 10.6. The fourth-order valence-electron chi connectivity index (χ4n) is 3.38. The molecule has 0 radical (unpaired) electrons. The molecule has 0 saturated carbocycles. The number of nitrogens with one attached hydrogen (secondary N) is 1. The zero-order valence-electron chi connectivity index (χ0n) is 17.2. The van der Waals surface area contributed by atoms with E-state index in [4.69, 9.17) is 5.11 Å². The summed E-state index contributed by atoms with van der Waals surface area (Å²) in [5.74, 6) is -0.0174. The third-order valence-corrected chi connectivity index (χ3v) is 5.01. The Hall–Kier alpha value is -1.45. The zero-order valence-corrected chi connectivity index (χ0v) is 17.2. The summed E-state index contributed by atoms with van der Waals surface area (Å²) in [6.45, 7) is 5.54. The van der Waals surface area contributed by atoms with Crippen molar-refractivity contribution in [1.29, 1.82) is 0 Å². The number of aryl methyl sites for hydroxylation is 1. The molecule has 0 aliphatic heterocycles. The van der Waals surface area contributed by atoms with Crippen molar-refractivity contribution in [1.82, 2.24) is 4.57 Å². The van der Waals surface area contributed by atoms with E-state index in [1.165, 1.54) is 70.6 Å². The van der Waals surface area contributed by atoms with Crippen LogP contribution in [0.3, 0.4) is 0 Å². The van der Waals surface area contributed by atoms with Crippen LogP contribution in [0.4, 0.5) is 5.69 Å². The van der Waals surface area contributed by atoms with Gasteiger partial charge in [-0.3, -0.25) is 0 Å². The number of rotatable bonds is 16. The number of aromatic carboxylic acids is 1. The summed E-state index contributed by atoms with van der Waals surface area (Å²) < 4.78 is 1.65. The van der Waals surface area contributed by atoms with E-state index in [0.29, 0.717) is 5.69 Å². The minimum Gasteiger partial charge on any atom is -0.477 e. The van der Waals surface area contributed by atoms with Crippen LogP contribution in [0.5, 0.6) is 0 Å². The number of carbonyl (C=O) groups is 1. The largest absolute Gasteiger partial charge is 0.477 e. The highest BCUT2D eigenvalue weighted by molar-refractivity contribution is 5.87. The van der Waals surface area contributed by atoms with Crippen LogP contribution in [0.1, 0.15) is 101 Å². The van der Waals surface area contributed by atoms with Crippen molar-refractivity contribution in [3.63, 3.8) is 0 Å². The van der Waals surface area contributed by atoms with Crippen LogP contribution in [0.15, 0.2) is 12.3 Å². The lowest BCUT2D eigenvalue weighted by Gasteiger charge is -2.05. The van der Waals surface area contributed by atoms with Gasteiger partial charge in [0.05, 0.1) is 5.69 Å². The molecule has 0 amide bonds. The lowest BCUT2D eigenvalue weighted by Crippen LogP contribution is -2.02. The summed E-state index contributed by atoms with van der Waals surface area (Å²) in [7, 11) is 1.76. The fraction of sp³-hybridized carbons (Fsp3) is 0.773. The van der Waals surface area contributed by atoms with Gasteiger partial charge >= 0.3 is 5.97 Å². The molecule has 0 bridgehead atoms. The van der Waals surface area contributed by atoms with Crippen LogP contribution in [-0.4, -0.2) is 22.2 Å². The van der Waals surface area contributed by atoms with Gasteiger partial charge in [-0.25, -0.2) is 4.79 Å². The molecule has 0 spiro atoms. The quantitative estimate of drug-likeness (QED) is 0.330. The van der Waals surface area contributed by atoms with E-state index >= 15 is 0 Å². The molecule has 0 atom stereocenters. The third-order valence-electron chi connectivity index (χ3n) is 5.01. The lowest BCUT2D eigenvalue weighted by molar-refractivity contribution is 0.0686. The predicted molar refractivity (Wildman–Crippen MR) is 111 cm³/mol. The average Bonchev–Trinajstić information content (AvgIpc) is 2.96. The Morgan fingerprint density at radius 2 is 1.46 bits per heavy atom. The molecule has 1 rings (SSSR count). The summed E-state index contributed by atoms with van der Waals surface area (Å²) in [5, 5.41) is 12.4. The van der Waals surface area contributed by atoms with Gasteiger partial charge in [0.15, 0.2) is 0 Å². The molecule has 0 aromatic carbocycles. The molecule has 4 heteroatoms. The molecule has 0 aliphatic rings. The first-order valence-electron chi connectivity index (χ1n) is 10.6. The minimum absolute atomic E-state index is 0.326. The second-order valence-electron chi connectivity index (χ2n) is 8.03. The Morgan fingerprint density at radius 1 is 0.962 bits per heavy atom. The summed E-state index contributed by atoms with van der Waals surface area (Å²) in [6, 6.07) is 1.70. The second-order valence-corrected chi connectivity index (χ2v) is 8.03. The number of anilines is 1. The van der Waals surface area contributed by atoms with E-state index in [9.17, 15) is 4.79 Å². The van der Waals surface area contributed by atoms with Crippen LogP contribution in [0, 0.1) is 5.92 Å². The van der Waals surface area contributed by atoms with E-state index in [1.807, 2.05) is 6.20 Å². The van der Waals surface area contributed by atoms with E-state index in [1.54, 1.807) is 17.7 Å². The Labute approximate surface area is 160 Å². The number of aromatic nitrogens is 1. The summed E-state index contributed by atoms with van der Waals surface area (Å²) in [4.78, 5) is 11.0. The molecule has 0 unspecified atom stereocenters. The average molecular weight is 365 g/mol.